The average Bonchev–Trinajstić information content (AvgIpc) is 3.03. The quantitative estimate of drug-likeness (QED) is 0.673. The van der Waals surface area contributed by atoms with Crippen molar-refractivity contribution in [2.24, 2.45) is 0 Å². The summed E-state index contributed by atoms with van der Waals surface area (Å²) in [6.07, 6.45) is 3.21. The van der Waals surface area contributed by atoms with Gasteiger partial charge in [-0.1, -0.05) is 12.1 Å². The molecule has 0 saturated heterocycles. The molecule has 1 aromatic carbocycles. The minimum absolute atomic E-state index is 0.0131. The second-order valence-electron chi connectivity index (χ2n) is 7.87. The number of aromatic amines is 1. The number of rotatable bonds is 4. The lowest BCUT2D eigenvalue weighted by Crippen LogP contribution is -2.29. The third-order valence-electron chi connectivity index (χ3n) is 3.84. The summed E-state index contributed by atoms with van der Waals surface area (Å²) in [7, 11) is 0. The molecule has 1 amide bonds. The number of carbonyl (C=O) groups is 2. The Hall–Kier alpha value is -3.22. The third kappa shape index (κ3) is 4.36. The van der Waals surface area contributed by atoms with Gasteiger partial charge in [0.15, 0.2) is 5.65 Å². The lowest BCUT2D eigenvalue weighted by molar-refractivity contribution is 0.00694. The van der Waals surface area contributed by atoms with Crippen LogP contribution in [0.1, 0.15) is 55.3 Å². The number of H-pyrrole nitrogens is 1. The van der Waals surface area contributed by atoms with Crippen LogP contribution >= 0.6 is 0 Å². The highest BCUT2D eigenvalue weighted by molar-refractivity contribution is 6.04. The molecule has 0 aliphatic carbocycles. The zero-order valence-electron chi connectivity index (χ0n) is 16.7. The van der Waals surface area contributed by atoms with Crippen molar-refractivity contribution in [3.05, 3.63) is 47.8 Å². The highest BCUT2D eigenvalue weighted by Crippen LogP contribution is 2.23. The Morgan fingerprint density at radius 2 is 1.96 bits per heavy atom. The van der Waals surface area contributed by atoms with Crippen molar-refractivity contribution in [2.45, 2.75) is 46.3 Å². The van der Waals surface area contributed by atoms with Crippen LogP contribution in [0.3, 0.4) is 0 Å². The van der Waals surface area contributed by atoms with Crippen LogP contribution in [-0.4, -0.2) is 38.5 Å². The van der Waals surface area contributed by atoms with Crippen LogP contribution in [0.15, 0.2) is 36.7 Å². The third-order valence-corrected chi connectivity index (χ3v) is 3.84. The van der Waals surface area contributed by atoms with Crippen LogP contribution in [0.25, 0.3) is 22.4 Å². The molecule has 146 valence electrons. The zero-order valence-corrected chi connectivity index (χ0v) is 16.7. The number of hydrogen-bond donors (Lipinski definition) is 2. The first-order valence-corrected chi connectivity index (χ1v) is 9.13. The van der Waals surface area contributed by atoms with E-state index in [1.807, 2.05) is 40.7 Å². The van der Waals surface area contributed by atoms with Gasteiger partial charge in [0.2, 0.25) is 0 Å². The van der Waals surface area contributed by atoms with Crippen molar-refractivity contribution in [3.8, 4) is 11.3 Å². The first-order valence-electron chi connectivity index (χ1n) is 9.13. The predicted octanol–water partition coefficient (Wildman–Crippen LogP) is 3.72. The fraction of sp³-hybridized carbons (Fsp3) is 0.333. The van der Waals surface area contributed by atoms with Gasteiger partial charge in [-0.05, 0) is 46.8 Å². The molecule has 7 heteroatoms. The van der Waals surface area contributed by atoms with E-state index in [1.54, 1.807) is 30.6 Å². The highest BCUT2D eigenvalue weighted by Gasteiger charge is 2.19. The van der Waals surface area contributed by atoms with Gasteiger partial charge in [0, 0.05) is 17.8 Å². The van der Waals surface area contributed by atoms with Crippen LogP contribution in [0.4, 0.5) is 0 Å². The van der Waals surface area contributed by atoms with Gasteiger partial charge in [-0.25, -0.2) is 14.8 Å². The molecule has 0 atom stereocenters. The summed E-state index contributed by atoms with van der Waals surface area (Å²) in [5.74, 6) is -0.614. The van der Waals surface area contributed by atoms with Crippen LogP contribution in [0.5, 0.6) is 0 Å². The Morgan fingerprint density at radius 1 is 1.21 bits per heavy atom. The fourth-order valence-electron chi connectivity index (χ4n) is 2.69. The fourth-order valence-corrected chi connectivity index (χ4v) is 2.69. The number of amides is 1. The second kappa shape index (κ2) is 7.42. The topological polar surface area (TPSA) is 97.0 Å². The monoisotopic (exact) mass is 380 g/mol. The Labute approximate surface area is 163 Å². The lowest BCUT2D eigenvalue weighted by Gasteiger charge is -2.19. The van der Waals surface area contributed by atoms with Crippen molar-refractivity contribution in [2.75, 3.05) is 0 Å². The SMILES string of the molecule is CC(C)NC(=O)c1c[nH]c2ncc(-c3cccc(C(=O)OC(C)(C)C)c3)nc12. The van der Waals surface area contributed by atoms with Crippen LogP contribution in [-0.2, 0) is 4.74 Å². The molecule has 0 saturated carbocycles. The van der Waals surface area contributed by atoms with Crippen molar-refractivity contribution >= 4 is 23.0 Å². The van der Waals surface area contributed by atoms with E-state index in [0.717, 1.165) is 0 Å². The smallest absolute Gasteiger partial charge is 0.338 e. The zero-order chi connectivity index (χ0) is 20.5. The first-order chi connectivity index (χ1) is 13.1. The highest BCUT2D eigenvalue weighted by atomic mass is 16.6. The molecule has 2 N–H and O–H groups in total. The van der Waals surface area contributed by atoms with Gasteiger partial charge in [0.1, 0.15) is 11.1 Å². The Bertz CT molecular complexity index is 1030. The molecule has 0 bridgehead atoms. The van der Waals surface area contributed by atoms with Crippen molar-refractivity contribution in [1.29, 1.82) is 0 Å². The molecule has 28 heavy (non-hydrogen) atoms. The Balaban J connectivity index is 1.97. The summed E-state index contributed by atoms with van der Waals surface area (Å²) in [6.45, 7) is 9.26. The molecule has 0 aliphatic heterocycles. The van der Waals surface area contributed by atoms with E-state index in [-0.39, 0.29) is 11.9 Å². The summed E-state index contributed by atoms with van der Waals surface area (Å²) in [4.78, 5) is 36.7. The largest absolute Gasteiger partial charge is 0.456 e. The standard InChI is InChI=1S/C21H24N4O3/c1-12(2)24-19(26)15-10-22-18-17(15)25-16(11-23-18)13-7-6-8-14(9-13)20(27)28-21(3,4)5/h6-12H,1-5H3,(H,22,23)(H,24,26). The van der Waals surface area contributed by atoms with E-state index in [4.69, 9.17) is 4.74 Å². The average molecular weight is 380 g/mol. The molecular weight excluding hydrogens is 356 g/mol. The number of ether oxygens (including phenoxy) is 1. The summed E-state index contributed by atoms with van der Waals surface area (Å²) in [5, 5.41) is 2.85. The van der Waals surface area contributed by atoms with E-state index in [0.29, 0.717) is 33.5 Å². The van der Waals surface area contributed by atoms with Gasteiger partial charge < -0.3 is 15.0 Å². The number of aromatic nitrogens is 3. The predicted molar refractivity (Wildman–Crippen MR) is 107 cm³/mol. The maximum atomic E-state index is 12.4. The number of hydrogen-bond acceptors (Lipinski definition) is 5. The summed E-state index contributed by atoms with van der Waals surface area (Å²) >= 11 is 0. The van der Waals surface area contributed by atoms with Crippen molar-refractivity contribution < 1.29 is 14.3 Å². The minimum Gasteiger partial charge on any atom is -0.456 e. The van der Waals surface area contributed by atoms with E-state index in [2.05, 4.69) is 20.3 Å². The van der Waals surface area contributed by atoms with Crippen LogP contribution < -0.4 is 5.32 Å². The molecule has 3 aromatic rings. The number of esters is 1. The van der Waals surface area contributed by atoms with Gasteiger partial charge in [0.05, 0.1) is 23.0 Å². The number of nitrogens with one attached hydrogen (secondary N) is 2. The van der Waals surface area contributed by atoms with Gasteiger partial charge in [-0.15, -0.1) is 0 Å². The second-order valence-corrected chi connectivity index (χ2v) is 7.87. The van der Waals surface area contributed by atoms with E-state index in [9.17, 15) is 9.59 Å². The molecule has 3 rings (SSSR count). The van der Waals surface area contributed by atoms with Crippen LogP contribution in [0, 0.1) is 0 Å². The van der Waals surface area contributed by atoms with E-state index in [1.165, 1.54) is 0 Å². The number of nitrogens with zero attached hydrogens (tertiary/aromatic N) is 2. The molecule has 0 aliphatic rings. The molecular formula is C21H24N4O3. The number of benzene rings is 1. The maximum absolute atomic E-state index is 12.4. The molecule has 2 heterocycles. The van der Waals surface area contributed by atoms with Gasteiger partial charge >= 0.3 is 5.97 Å². The van der Waals surface area contributed by atoms with Gasteiger partial charge in [-0.2, -0.15) is 0 Å². The van der Waals surface area contributed by atoms with Crippen molar-refractivity contribution in [3.63, 3.8) is 0 Å². The number of fused-ring (bicyclic) bond motifs is 1. The molecule has 7 nitrogen and oxygen atoms in total. The van der Waals surface area contributed by atoms with E-state index < -0.39 is 11.6 Å². The molecule has 0 unspecified atom stereocenters. The molecule has 2 aromatic heterocycles. The maximum Gasteiger partial charge on any atom is 0.338 e. The molecule has 0 radical (unpaired) electrons. The van der Waals surface area contributed by atoms with E-state index >= 15 is 0 Å². The van der Waals surface area contributed by atoms with Gasteiger partial charge in [-0.3, -0.25) is 4.79 Å². The van der Waals surface area contributed by atoms with Gasteiger partial charge in [0.25, 0.3) is 5.91 Å². The van der Waals surface area contributed by atoms with Crippen molar-refractivity contribution in [1.82, 2.24) is 20.3 Å². The lowest BCUT2D eigenvalue weighted by atomic mass is 10.1. The van der Waals surface area contributed by atoms with Crippen LogP contribution in [0.2, 0.25) is 0 Å². The Kier molecular flexibility index (Phi) is 5.18. The molecule has 0 fully saturated rings. The number of carbonyl (C=O) groups excluding carboxylic acids is 2. The molecule has 0 spiro atoms. The minimum atomic E-state index is -0.574. The summed E-state index contributed by atoms with van der Waals surface area (Å²) in [6, 6.07) is 7.03. The normalized spacial score (nSPS) is 11.6. The Morgan fingerprint density at radius 3 is 2.64 bits per heavy atom. The first kappa shape index (κ1) is 19.5. The summed E-state index contributed by atoms with van der Waals surface area (Å²) < 4.78 is 5.43. The summed E-state index contributed by atoms with van der Waals surface area (Å²) in [5.41, 5.74) is 2.59.